The van der Waals surface area contributed by atoms with Gasteiger partial charge in [0.2, 0.25) is 10.0 Å². The largest absolute Gasteiger partial charge is 0.309 e. The molecule has 3 rings (SSSR count). The SMILES string of the molecule is CN(C)CCC(=O)c1cc(-c2ccc(Cl)cc2)sc1-c1ccc(S(N)(=O)=O)cc1. The summed E-state index contributed by atoms with van der Waals surface area (Å²) in [5.74, 6) is 0.0423. The summed E-state index contributed by atoms with van der Waals surface area (Å²) in [6, 6.07) is 15.6. The molecule has 152 valence electrons. The predicted molar refractivity (Wildman–Crippen MR) is 119 cm³/mol. The summed E-state index contributed by atoms with van der Waals surface area (Å²) >= 11 is 7.48. The number of hydrogen-bond acceptors (Lipinski definition) is 5. The Labute approximate surface area is 179 Å². The van der Waals surface area contributed by atoms with Crippen molar-refractivity contribution in [1.82, 2.24) is 4.90 Å². The highest BCUT2D eigenvalue weighted by Crippen LogP contribution is 2.39. The van der Waals surface area contributed by atoms with Gasteiger partial charge in [-0.05, 0) is 55.6 Å². The van der Waals surface area contributed by atoms with E-state index in [1.165, 1.54) is 23.5 Å². The lowest BCUT2D eigenvalue weighted by atomic mass is 10.0. The number of nitrogens with zero attached hydrogens (tertiary/aromatic N) is 1. The normalized spacial score (nSPS) is 11.8. The first-order valence-electron chi connectivity index (χ1n) is 8.86. The molecule has 2 aromatic carbocycles. The van der Waals surface area contributed by atoms with Gasteiger partial charge in [0.25, 0.3) is 0 Å². The van der Waals surface area contributed by atoms with Crippen LogP contribution in [0, 0.1) is 0 Å². The molecule has 0 saturated carbocycles. The number of benzene rings is 2. The van der Waals surface area contributed by atoms with Crippen molar-refractivity contribution in [2.75, 3.05) is 20.6 Å². The number of Topliss-reactive ketones (excluding diaryl/α,β-unsaturated/α-hetero) is 1. The number of carbonyl (C=O) groups is 1. The molecular weight excluding hydrogens is 428 g/mol. The van der Waals surface area contributed by atoms with Crippen molar-refractivity contribution < 1.29 is 13.2 Å². The summed E-state index contributed by atoms with van der Waals surface area (Å²) in [6.45, 7) is 0.648. The summed E-state index contributed by atoms with van der Waals surface area (Å²) in [4.78, 5) is 16.7. The smallest absolute Gasteiger partial charge is 0.238 e. The molecular formula is C21H21ClN2O3S2. The number of halogens is 1. The average molecular weight is 449 g/mol. The van der Waals surface area contributed by atoms with Crippen LogP contribution in [0.5, 0.6) is 0 Å². The van der Waals surface area contributed by atoms with Gasteiger partial charge in [0.05, 0.1) is 4.90 Å². The first kappa shape index (κ1) is 21.7. The van der Waals surface area contributed by atoms with Crippen LogP contribution in [0.25, 0.3) is 20.9 Å². The Kier molecular flexibility index (Phi) is 6.55. The Morgan fingerprint density at radius 3 is 2.17 bits per heavy atom. The number of primary sulfonamides is 1. The van der Waals surface area contributed by atoms with E-state index in [2.05, 4.69) is 0 Å². The highest BCUT2D eigenvalue weighted by atomic mass is 35.5. The fourth-order valence-corrected chi connectivity index (χ4v) is 4.65. The van der Waals surface area contributed by atoms with Crippen LogP contribution in [0.15, 0.2) is 59.5 Å². The zero-order valence-electron chi connectivity index (χ0n) is 16.1. The maximum Gasteiger partial charge on any atom is 0.238 e. The highest BCUT2D eigenvalue weighted by Gasteiger charge is 2.19. The third-order valence-electron chi connectivity index (χ3n) is 4.39. The van der Waals surface area contributed by atoms with Crippen LogP contribution in [0.3, 0.4) is 0 Å². The first-order chi connectivity index (χ1) is 13.6. The lowest BCUT2D eigenvalue weighted by Gasteiger charge is -2.09. The summed E-state index contributed by atoms with van der Waals surface area (Å²) in [6.07, 6.45) is 0.395. The molecule has 0 fully saturated rings. The molecule has 29 heavy (non-hydrogen) atoms. The van der Waals surface area contributed by atoms with Gasteiger partial charge in [-0.2, -0.15) is 0 Å². The molecule has 1 heterocycles. The number of nitrogens with two attached hydrogens (primary N) is 1. The number of ketones is 1. The van der Waals surface area contributed by atoms with Crippen LogP contribution in [0.1, 0.15) is 16.8 Å². The number of hydrogen-bond donors (Lipinski definition) is 1. The molecule has 0 unspecified atom stereocenters. The number of rotatable bonds is 7. The van der Waals surface area contributed by atoms with Crippen molar-refractivity contribution in [1.29, 1.82) is 0 Å². The minimum absolute atomic E-state index is 0.0382. The number of sulfonamides is 1. The monoisotopic (exact) mass is 448 g/mol. The Bertz CT molecular complexity index is 1120. The molecule has 0 spiro atoms. The molecule has 0 aliphatic heterocycles. The van der Waals surface area contributed by atoms with Gasteiger partial charge in [-0.15, -0.1) is 11.3 Å². The first-order valence-corrected chi connectivity index (χ1v) is 11.6. The van der Waals surface area contributed by atoms with Gasteiger partial charge in [-0.25, -0.2) is 13.6 Å². The van der Waals surface area contributed by atoms with E-state index in [0.29, 0.717) is 23.6 Å². The van der Waals surface area contributed by atoms with Gasteiger partial charge in [0, 0.05) is 33.3 Å². The lowest BCUT2D eigenvalue weighted by Crippen LogP contribution is -2.16. The summed E-state index contributed by atoms with van der Waals surface area (Å²) in [7, 11) is 0.0773. The van der Waals surface area contributed by atoms with E-state index in [9.17, 15) is 13.2 Å². The topological polar surface area (TPSA) is 80.5 Å². The second-order valence-corrected chi connectivity index (χ2v) is 9.96. The standard InChI is InChI=1S/C21H21ClN2O3S2/c1-24(2)12-11-19(25)18-13-20(14-3-7-16(22)8-4-14)28-21(18)15-5-9-17(10-6-15)29(23,26)27/h3-10,13H,11-12H2,1-2H3,(H2,23,26,27). The molecule has 5 nitrogen and oxygen atoms in total. The fraction of sp³-hybridized carbons (Fsp3) is 0.190. The maximum atomic E-state index is 12.9. The minimum Gasteiger partial charge on any atom is -0.309 e. The second kappa shape index (κ2) is 8.77. The Balaban J connectivity index is 2.05. The van der Waals surface area contributed by atoms with E-state index >= 15 is 0 Å². The van der Waals surface area contributed by atoms with Gasteiger partial charge >= 0.3 is 0 Å². The van der Waals surface area contributed by atoms with E-state index in [-0.39, 0.29) is 10.7 Å². The molecule has 0 amide bonds. The van der Waals surface area contributed by atoms with E-state index in [4.69, 9.17) is 16.7 Å². The van der Waals surface area contributed by atoms with Gasteiger partial charge in [0.1, 0.15) is 0 Å². The molecule has 0 aliphatic carbocycles. The van der Waals surface area contributed by atoms with Crippen molar-refractivity contribution in [3.05, 3.63) is 65.2 Å². The van der Waals surface area contributed by atoms with Crippen LogP contribution in [-0.4, -0.2) is 39.7 Å². The molecule has 0 saturated heterocycles. The summed E-state index contributed by atoms with van der Waals surface area (Å²) in [5, 5.41) is 5.83. The zero-order chi connectivity index (χ0) is 21.2. The molecule has 0 bridgehead atoms. The Morgan fingerprint density at radius 1 is 1.03 bits per heavy atom. The minimum atomic E-state index is -3.77. The zero-order valence-corrected chi connectivity index (χ0v) is 18.4. The fourth-order valence-electron chi connectivity index (χ4n) is 2.82. The molecule has 0 aliphatic rings. The molecule has 0 atom stereocenters. The molecule has 2 N–H and O–H groups in total. The summed E-state index contributed by atoms with van der Waals surface area (Å²) < 4.78 is 23.1. The van der Waals surface area contributed by atoms with Crippen LogP contribution >= 0.6 is 22.9 Å². The third-order valence-corrected chi connectivity index (χ3v) is 6.81. The lowest BCUT2D eigenvalue weighted by molar-refractivity contribution is 0.0973. The maximum absolute atomic E-state index is 12.9. The average Bonchev–Trinajstić information content (AvgIpc) is 3.11. The molecule has 1 aromatic heterocycles. The van der Waals surface area contributed by atoms with Crippen molar-refractivity contribution in [3.63, 3.8) is 0 Å². The van der Waals surface area contributed by atoms with Crippen LogP contribution < -0.4 is 5.14 Å². The molecule has 3 aromatic rings. The van der Waals surface area contributed by atoms with Crippen molar-refractivity contribution in [2.45, 2.75) is 11.3 Å². The van der Waals surface area contributed by atoms with Crippen LogP contribution in [-0.2, 0) is 10.0 Å². The van der Waals surface area contributed by atoms with Gasteiger partial charge in [-0.1, -0.05) is 35.9 Å². The molecule has 8 heteroatoms. The van der Waals surface area contributed by atoms with Gasteiger partial charge in [0.15, 0.2) is 5.78 Å². The predicted octanol–water partition coefficient (Wildman–Crippen LogP) is 4.52. The Hall–Kier alpha value is -2.03. The van der Waals surface area contributed by atoms with E-state index in [1.54, 1.807) is 12.1 Å². The third kappa shape index (κ3) is 5.32. The second-order valence-electron chi connectivity index (χ2n) is 6.91. The molecule has 0 radical (unpaired) electrons. The number of thiophene rings is 1. The van der Waals surface area contributed by atoms with E-state index in [0.717, 1.165) is 20.9 Å². The summed E-state index contributed by atoms with van der Waals surface area (Å²) in [5.41, 5.74) is 2.37. The number of carbonyl (C=O) groups excluding carboxylic acids is 1. The van der Waals surface area contributed by atoms with E-state index in [1.807, 2.05) is 49.3 Å². The van der Waals surface area contributed by atoms with Crippen molar-refractivity contribution in [2.24, 2.45) is 5.14 Å². The van der Waals surface area contributed by atoms with Crippen molar-refractivity contribution in [3.8, 4) is 20.9 Å². The van der Waals surface area contributed by atoms with E-state index < -0.39 is 10.0 Å². The van der Waals surface area contributed by atoms with Crippen molar-refractivity contribution >= 4 is 38.7 Å². The highest BCUT2D eigenvalue weighted by molar-refractivity contribution is 7.89. The van der Waals surface area contributed by atoms with Gasteiger partial charge in [-0.3, -0.25) is 4.79 Å². The van der Waals surface area contributed by atoms with Crippen LogP contribution in [0.2, 0.25) is 5.02 Å². The Morgan fingerprint density at radius 2 is 1.62 bits per heavy atom. The van der Waals surface area contributed by atoms with Crippen LogP contribution in [0.4, 0.5) is 0 Å². The van der Waals surface area contributed by atoms with Gasteiger partial charge < -0.3 is 4.90 Å². The quantitative estimate of drug-likeness (QED) is 0.539.